The van der Waals surface area contributed by atoms with Crippen LogP contribution in [0.1, 0.15) is 64.6 Å². The van der Waals surface area contributed by atoms with E-state index in [9.17, 15) is 4.79 Å². The molecule has 0 saturated heterocycles. The Morgan fingerprint density at radius 3 is 2.36 bits per heavy atom. The second-order valence-electron chi connectivity index (χ2n) is 10.1. The van der Waals surface area contributed by atoms with Crippen LogP contribution in [0.5, 0.6) is 0 Å². The number of carbonyl (C=O) groups is 1. The molecule has 146 valence electrons. The lowest BCUT2D eigenvalue weighted by molar-refractivity contribution is -0.124. The van der Waals surface area contributed by atoms with Crippen LogP contribution in [-0.4, -0.2) is 11.5 Å². The summed E-state index contributed by atoms with van der Waals surface area (Å²) in [6, 6.07) is 16.8. The Bertz CT molecular complexity index is 932. The number of anilines is 1. The first kappa shape index (κ1) is 18.9. The smallest absolute Gasteiger partial charge is 0.144 e. The summed E-state index contributed by atoms with van der Waals surface area (Å²) in [5.41, 5.74) is 5.47. The van der Waals surface area contributed by atoms with Gasteiger partial charge in [-0.05, 0) is 40.5 Å². The molecular weight excluding hydrogens is 344 g/mol. The number of nitrogens with zero attached hydrogens (tertiary/aromatic N) is 1. The highest BCUT2D eigenvalue weighted by molar-refractivity contribution is 6.10. The average Bonchev–Trinajstić information content (AvgIpc) is 2.76. The van der Waals surface area contributed by atoms with Gasteiger partial charge in [0.2, 0.25) is 0 Å². The number of para-hydroxylation sites is 2. The highest BCUT2D eigenvalue weighted by Gasteiger charge is 2.43. The van der Waals surface area contributed by atoms with Gasteiger partial charge in [0, 0.05) is 12.1 Å². The molecule has 2 aromatic rings. The first-order valence-electron chi connectivity index (χ1n) is 10.2. The monoisotopic (exact) mass is 374 g/mol. The number of benzene rings is 2. The SMILES string of the molecule is CC1(C)CC(=O)[C@H]2C(=Nc3ccccc3N[C@@H]2c2ccc(C(C)(C)C)cc2)C1. The third-order valence-electron chi connectivity index (χ3n) is 5.97. The Kier molecular flexibility index (Phi) is 4.45. The molecule has 4 rings (SSSR count). The maximum atomic E-state index is 13.2. The molecule has 28 heavy (non-hydrogen) atoms. The molecule has 1 heterocycles. The van der Waals surface area contributed by atoms with E-state index < -0.39 is 0 Å². The molecule has 0 radical (unpaired) electrons. The van der Waals surface area contributed by atoms with Gasteiger partial charge in [-0.3, -0.25) is 9.79 Å². The van der Waals surface area contributed by atoms with Crippen molar-refractivity contribution in [3.8, 4) is 0 Å². The van der Waals surface area contributed by atoms with Crippen molar-refractivity contribution in [2.75, 3.05) is 5.32 Å². The molecule has 0 spiro atoms. The fourth-order valence-electron chi connectivity index (χ4n) is 4.48. The van der Waals surface area contributed by atoms with Crippen LogP contribution in [0.4, 0.5) is 11.4 Å². The molecule has 1 N–H and O–H groups in total. The fourth-order valence-corrected chi connectivity index (χ4v) is 4.48. The Balaban J connectivity index is 1.80. The highest BCUT2D eigenvalue weighted by Crippen LogP contribution is 2.45. The van der Waals surface area contributed by atoms with Gasteiger partial charge in [0.1, 0.15) is 5.78 Å². The first-order valence-corrected chi connectivity index (χ1v) is 10.2. The van der Waals surface area contributed by atoms with Gasteiger partial charge >= 0.3 is 0 Å². The molecule has 2 atom stereocenters. The summed E-state index contributed by atoms with van der Waals surface area (Å²) in [7, 11) is 0. The summed E-state index contributed by atoms with van der Waals surface area (Å²) in [5, 5.41) is 3.66. The topological polar surface area (TPSA) is 41.5 Å². The van der Waals surface area contributed by atoms with Crippen LogP contribution in [0.2, 0.25) is 0 Å². The van der Waals surface area contributed by atoms with Crippen LogP contribution in [-0.2, 0) is 10.2 Å². The molecule has 0 amide bonds. The molecule has 2 aliphatic rings. The lowest BCUT2D eigenvalue weighted by Gasteiger charge is -2.37. The lowest BCUT2D eigenvalue weighted by Crippen LogP contribution is -2.42. The molecule has 2 aromatic carbocycles. The molecule has 1 aliphatic heterocycles. The van der Waals surface area contributed by atoms with E-state index in [0.717, 1.165) is 29.1 Å². The van der Waals surface area contributed by atoms with Gasteiger partial charge in [0.25, 0.3) is 0 Å². The van der Waals surface area contributed by atoms with Gasteiger partial charge in [-0.1, -0.05) is 71.0 Å². The van der Waals surface area contributed by atoms with Crippen LogP contribution < -0.4 is 5.32 Å². The van der Waals surface area contributed by atoms with Gasteiger partial charge < -0.3 is 5.32 Å². The minimum atomic E-state index is -0.207. The number of ketones is 1. The van der Waals surface area contributed by atoms with Crippen LogP contribution in [0.25, 0.3) is 0 Å². The van der Waals surface area contributed by atoms with Gasteiger partial charge in [-0.2, -0.15) is 0 Å². The van der Waals surface area contributed by atoms with Gasteiger partial charge in [0.05, 0.1) is 23.3 Å². The fraction of sp³-hybridized carbons (Fsp3) is 0.440. The number of Topliss-reactive ketones (excluding diaryl/α,β-unsaturated/α-hetero) is 1. The van der Waals surface area contributed by atoms with Gasteiger partial charge in [-0.25, -0.2) is 0 Å². The maximum Gasteiger partial charge on any atom is 0.144 e. The molecule has 0 unspecified atom stereocenters. The van der Waals surface area contributed by atoms with Crippen molar-refractivity contribution in [3.63, 3.8) is 0 Å². The van der Waals surface area contributed by atoms with Crippen molar-refractivity contribution in [1.29, 1.82) is 0 Å². The molecule has 0 aromatic heterocycles. The third-order valence-corrected chi connectivity index (χ3v) is 5.97. The zero-order valence-electron chi connectivity index (χ0n) is 17.5. The second kappa shape index (κ2) is 6.58. The summed E-state index contributed by atoms with van der Waals surface area (Å²) in [6.45, 7) is 11.0. The Labute approximate surface area is 168 Å². The standard InChI is InChI=1S/C25H30N2O/c1-24(2,3)17-12-10-16(11-13-17)23-22-20(14-25(4,5)15-21(22)28)26-18-8-6-7-9-19(18)27-23/h6-13,22-23,27H,14-15H2,1-5H3/t22-,23-/m1/s1. The van der Waals surface area contributed by atoms with Crippen molar-refractivity contribution in [1.82, 2.24) is 0 Å². The van der Waals surface area contributed by atoms with E-state index in [0.29, 0.717) is 12.2 Å². The number of fused-ring (bicyclic) bond motifs is 2. The van der Waals surface area contributed by atoms with E-state index in [-0.39, 0.29) is 22.8 Å². The van der Waals surface area contributed by atoms with Gasteiger partial charge in [0.15, 0.2) is 0 Å². The van der Waals surface area contributed by atoms with Crippen molar-refractivity contribution >= 4 is 22.9 Å². The Morgan fingerprint density at radius 1 is 1.00 bits per heavy atom. The molecule has 1 fully saturated rings. The average molecular weight is 375 g/mol. The number of rotatable bonds is 1. The number of hydrogen-bond donors (Lipinski definition) is 1. The number of hydrogen-bond acceptors (Lipinski definition) is 3. The predicted octanol–water partition coefficient (Wildman–Crippen LogP) is 6.23. The number of nitrogens with one attached hydrogen (secondary N) is 1. The minimum Gasteiger partial charge on any atom is -0.375 e. The summed E-state index contributed by atoms with van der Waals surface area (Å²) in [4.78, 5) is 18.2. The molecule has 3 heteroatoms. The van der Waals surface area contributed by atoms with Crippen LogP contribution in [0, 0.1) is 11.3 Å². The zero-order valence-corrected chi connectivity index (χ0v) is 17.5. The van der Waals surface area contributed by atoms with E-state index in [2.05, 4.69) is 70.3 Å². The van der Waals surface area contributed by atoms with Crippen molar-refractivity contribution in [3.05, 3.63) is 59.7 Å². The lowest BCUT2D eigenvalue weighted by atomic mass is 9.68. The molecule has 1 aliphatic carbocycles. The summed E-state index contributed by atoms with van der Waals surface area (Å²) < 4.78 is 0. The van der Waals surface area contributed by atoms with Crippen LogP contribution in [0.3, 0.4) is 0 Å². The van der Waals surface area contributed by atoms with E-state index >= 15 is 0 Å². The van der Waals surface area contributed by atoms with E-state index in [4.69, 9.17) is 4.99 Å². The van der Waals surface area contributed by atoms with E-state index in [1.165, 1.54) is 5.56 Å². The van der Waals surface area contributed by atoms with Crippen molar-refractivity contribution in [2.24, 2.45) is 16.3 Å². The van der Waals surface area contributed by atoms with E-state index in [1.54, 1.807) is 0 Å². The molecular formula is C25H30N2O. The highest BCUT2D eigenvalue weighted by atomic mass is 16.1. The van der Waals surface area contributed by atoms with Crippen LogP contribution in [0.15, 0.2) is 53.5 Å². The third kappa shape index (κ3) is 3.50. The second-order valence-corrected chi connectivity index (χ2v) is 10.1. The quantitative estimate of drug-likeness (QED) is 0.643. The maximum absolute atomic E-state index is 13.2. The van der Waals surface area contributed by atoms with Crippen molar-refractivity contribution in [2.45, 2.75) is 58.9 Å². The van der Waals surface area contributed by atoms with Crippen molar-refractivity contribution < 1.29 is 4.79 Å². The summed E-state index contributed by atoms with van der Waals surface area (Å²) in [6.07, 6.45) is 1.46. The Morgan fingerprint density at radius 2 is 1.68 bits per heavy atom. The summed E-state index contributed by atoms with van der Waals surface area (Å²) >= 11 is 0. The normalized spacial score (nSPS) is 23.8. The number of aliphatic imine (C=N–C) groups is 1. The first-order chi connectivity index (χ1) is 13.1. The predicted molar refractivity (Wildman–Crippen MR) is 117 cm³/mol. The Hall–Kier alpha value is -2.42. The minimum absolute atomic E-state index is 0.0354. The van der Waals surface area contributed by atoms with Crippen LogP contribution >= 0.6 is 0 Å². The number of carbonyl (C=O) groups excluding carboxylic acids is 1. The summed E-state index contributed by atoms with van der Waals surface area (Å²) in [5.74, 6) is 0.0844. The molecule has 1 saturated carbocycles. The molecule has 0 bridgehead atoms. The zero-order chi connectivity index (χ0) is 20.1. The largest absolute Gasteiger partial charge is 0.375 e. The van der Waals surface area contributed by atoms with Gasteiger partial charge in [-0.15, -0.1) is 0 Å². The van der Waals surface area contributed by atoms with E-state index in [1.807, 2.05) is 18.2 Å². The molecule has 3 nitrogen and oxygen atoms in total.